The Morgan fingerprint density at radius 2 is 2.07 bits per heavy atom. The summed E-state index contributed by atoms with van der Waals surface area (Å²) in [5.41, 5.74) is -0.0642. The molecule has 0 spiro atoms. The van der Waals surface area contributed by atoms with E-state index >= 15 is 0 Å². The molecule has 0 aliphatic heterocycles. The van der Waals surface area contributed by atoms with Crippen LogP contribution in [-0.4, -0.2) is 20.2 Å². The lowest BCUT2D eigenvalue weighted by Gasteiger charge is -2.03. The summed E-state index contributed by atoms with van der Waals surface area (Å²) in [6, 6.07) is 2.00. The van der Waals surface area contributed by atoms with Gasteiger partial charge in [0, 0.05) is 6.07 Å². The van der Waals surface area contributed by atoms with E-state index in [1.807, 2.05) is 0 Å². The standard InChI is InChI=1S/C7H3BrF2N4S/c8-3-1-5(10)6(2-4(3)9)14-7(15)11-12-13-14/h1-2H,(H,11,13,15). The Hall–Kier alpha value is -1.15. The zero-order valence-electron chi connectivity index (χ0n) is 7.04. The van der Waals surface area contributed by atoms with Crippen LogP contribution in [0.25, 0.3) is 5.69 Å². The maximum absolute atomic E-state index is 13.4. The Balaban J connectivity index is 2.69. The molecule has 1 heterocycles. The highest BCUT2D eigenvalue weighted by Gasteiger charge is 2.11. The molecule has 0 aliphatic carbocycles. The highest BCUT2D eigenvalue weighted by atomic mass is 79.9. The first-order valence-corrected chi connectivity index (χ1v) is 4.95. The maximum Gasteiger partial charge on any atom is 0.243 e. The van der Waals surface area contributed by atoms with Gasteiger partial charge in [0.1, 0.15) is 17.3 Å². The minimum absolute atomic E-state index is 0.0237. The summed E-state index contributed by atoms with van der Waals surface area (Å²) in [7, 11) is 0. The molecule has 0 bridgehead atoms. The van der Waals surface area contributed by atoms with Crippen molar-refractivity contribution in [2.24, 2.45) is 0 Å². The summed E-state index contributed by atoms with van der Waals surface area (Å²) >= 11 is 7.63. The quantitative estimate of drug-likeness (QED) is 0.648. The summed E-state index contributed by atoms with van der Waals surface area (Å²) < 4.78 is 27.7. The largest absolute Gasteiger partial charge is 0.243 e. The third-order valence-electron chi connectivity index (χ3n) is 1.70. The zero-order valence-corrected chi connectivity index (χ0v) is 9.44. The van der Waals surface area contributed by atoms with Crippen LogP contribution in [0.3, 0.4) is 0 Å². The van der Waals surface area contributed by atoms with E-state index in [9.17, 15) is 8.78 Å². The van der Waals surface area contributed by atoms with Gasteiger partial charge in [-0.1, -0.05) is 10.3 Å². The Bertz CT molecular complexity index is 564. The summed E-state index contributed by atoms with van der Waals surface area (Å²) in [5, 5.41) is 9.17. The van der Waals surface area contributed by atoms with Crippen molar-refractivity contribution < 1.29 is 8.78 Å². The number of aromatic amines is 1. The van der Waals surface area contributed by atoms with Crippen LogP contribution in [0.4, 0.5) is 8.78 Å². The number of benzene rings is 1. The number of hydrogen-bond acceptors (Lipinski definition) is 3. The fourth-order valence-electron chi connectivity index (χ4n) is 1.04. The van der Waals surface area contributed by atoms with Gasteiger partial charge in [-0.3, -0.25) is 0 Å². The summed E-state index contributed by atoms with van der Waals surface area (Å²) in [6.07, 6.45) is 0. The second kappa shape index (κ2) is 3.78. The molecule has 2 aromatic rings. The average molecular weight is 293 g/mol. The van der Waals surface area contributed by atoms with Crippen molar-refractivity contribution in [1.82, 2.24) is 20.2 Å². The fraction of sp³-hybridized carbons (Fsp3) is 0. The zero-order chi connectivity index (χ0) is 11.0. The Morgan fingerprint density at radius 1 is 1.33 bits per heavy atom. The fourth-order valence-corrected chi connectivity index (χ4v) is 1.53. The van der Waals surface area contributed by atoms with Gasteiger partial charge in [-0.2, -0.15) is 5.21 Å². The van der Waals surface area contributed by atoms with E-state index in [0.717, 1.165) is 16.8 Å². The highest BCUT2D eigenvalue weighted by Crippen LogP contribution is 2.21. The molecule has 15 heavy (non-hydrogen) atoms. The van der Waals surface area contributed by atoms with E-state index in [0.29, 0.717) is 0 Å². The predicted octanol–water partition coefficient (Wildman–Crippen LogP) is 2.37. The molecule has 0 saturated carbocycles. The van der Waals surface area contributed by atoms with Crippen LogP contribution < -0.4 is 0 Å². The van der Waals surface area contributed by atoms with Crippen molar-refractivity contribution in [2.75, 3.05) is 0 Å². The van der Waals surface area contributed by atoms with Crippen LogP contribution >= 0.6 is 28.1 Å². The average Bonchev–Trinajstić information content (AvgIpc) is 2.58. The van der Waals surface area contributed by atoms with Gasteiger partial charge in [0.2, 0.25) is 4.77 Å². The smallest absolute Gasteiger partial charge is 0.206 e. The summed E-state index contributed by atoms with van der Waals surface area (Å²) in [6.45, 7) is 0. The number of aromatic nitrogens is 4. The predicted molar refractivity (Wildman–Crippen MR) is 54.2 cm³/mol. The highest BCUT2D eigenvalue weighted by molar-refractivity contribution is 9.10. The lowest BCUT2D eigenvalue weighted by molar-refractivity contribution is 0.578. The third-order valence-corrected chi connectivity index (χ3v) is 2.57. The van der Waals surface area contributed by atoms with Gasteiger partial charge in [0.25, 0.3) is 0 Å². The van der Waals surface area contributed by atoms with Gasteiger partial charge in [-0.05, 0) is 34.2 Å². The lowest BCUT2D eigenvalue weighted by Crippen LogP contribution is -2.01. The molecule has 78 valence electrons. The normalized spacial score (nSPS) is 10.6. The van der Waals surface area contributed by atoms with Gasteiger partial charge in [0.05, 0.1) is 4.47 Å². The molecule has 1 aromatic carbocycles. The van der Waals surface area contributed by atoms with E-state index in [1.165, 1.54) is 0 Å². The number of rotatable bonds is 1. The first-order chi connectivity index (χ1) is 7.09. The maximum atomic E-state index is 13.4. The molecule has 1 N–H and O–H groups in total. The number of tetrazole rings is 1. The minimum atomic E-state index is -0.634. The molecule has 0 atom stereocenters. The van der Waals surface area contributed by atoms with E-state index < -0.39 is 11.6 Å². The van der Waals surface area contributed by atoms with E-state index in [-0.39, 0.29) is 14.9 Å². The van der Waals surface area contributed by atoms with E-state index in [2.05, 4.69) is 31.5 Å². The SMILES string of the molecule is Fc1cc(-n2[nH]nnc2=S)c(F)cc1Br. The number of nitrogens with one attached hydrogen (secondary N) is 1. The Labute approximate surface area is 96.0 Å². The van der Waals surface area contributed by atoms with Crippen molar-refractivity contribution >= 4 is 28.1 Å². The first-order valence-electron chi connectivity index (χ1n) is 3.74. The minimum Gasteiger partial charge on any atom is -0.206 e. The molecule has 0 radical (unpaired) electrons. The van der Waals surface area contributed by atoms with Crippen molar-refractivity contribution in [1.29, 1.82) is 0 Å². The van der Waals surface area contributed by atoms with Crippen LogP contribution in [0.5, 0.6) is 0 Å². The molecule has 0 unspecified atom stereocenters. The van der Waals surface area contributed by atoms with Crippen LogP contribution in [0.15, 0.2) is 16.6 Å². The topological polar surface area (TPSA) is 46.5 Å². The van der Waals surface area contributed by atoms with Crippen molar-refractivity contribution in [2.45, 2.75) is 0 Å². The molecule has 0 saturated heterocycles. The first kappa shape index (κ1) is 10.4. The van der Waals surface area contributed by atoms with Crippen LogP contribution in [-0.2, 0) is 0 Å². The van der Waals surface area contributed by atoms with Crippen LogP contribution in [0.2, 0.25) is 0 Å². The summed E-state index contributed by atoms with van der Waals surface area (Å²) in [5.74, 6) is -1.23. The van der Waals surface area contributed by atoms with Gasteiger partial charge in [-0.25, -0.2) is 13.5 Å². The van der Waals surface area contributed by atoms with Crippen molar-refractivity contribution in [3.05, 3.63) is 33.0 Å². The molecular formula is C7H3BrF2N4S. The molecule has 0 fully saturated rings. The lowest BCUT2D eigenvalue weighted by atomic mass is 10.3. The molecule has 1 aromatic heterocycles. The Kier molecular flexibility index (Phi) is 2.61. The van der Waals surface area contributed by atoms with E-state index in [4.69, 9.17) is 12.2 Å². The molecule has 4 nitrogen and oxygen atoms in total. The van der Waals surface area contributed by atoms with Crippen LogP contribution in [0.1, 0.15) is 0 Å². The molecule has 8 heteroatoms. The molecule has 0 amide bonds. The second-order valence-electron chi connectivity index (χ2n) is 2.64. The van der Waals surface area contributed by atoms with Gasteiger partial charge in [0.15, 0.2) is 0 Å². The second-order valence-corrected chi connectivity index (χ2v) is 3.86. The number of hydrogen-bond donors (Lipinski definition) is 1. The molecule has 0 aliphatic rings. The van der Waals surface area contributed by atoms with E-state index in [1.54, 1.807) is 0 Å². The number of H-pyrrole nitrogens is 1. The van der Waals surface area contributed by atoms with Crippen LogP contribution in [0, 0.1) is 16.4 Å². The van der Waals surface area contributed by atoms with Gasteiger partial charge >= 0.3 is 0 Å². The molecular weight excluding hydrogens is 290 g/mol. The van der Waals surface area contributed by atoms with Gasteiger partial charge in [-0.15, -0.1) is 0 Å². The monoisotopic (exact) mass is 292 g/mol. The summed E-state index contributed by atoms with van der Waals surface area (Å²) in [4.78, 5) is 0. The third kappa shape index (κ3) is 1.82. The molecule has 2 rings (SSSR count). The van der Waals surface area contributed by atoms with Crippen molar-refractivity contribution in [3.8, 4) is 5.69 Å². The number of halogens is 3. The van der Waals surface area contributed by atoms with Gasteiger partial charge < -0.3 is 0 Å². The van der Waals surface area contributed by atoms with Crippen molar-refractivity contribution in [3.63, 3.8) is 0 Å². The number of nitrogens with zero attached hydrogens (tertiary/aromatic N) is 3. The Morgan fingerprint density at radius 3 is 2.67 bits per heavy atom.